The van der Waals surface area contributed by atoms with Gasteiger partial charge in [-0.15, -0.1) is 0 Å². The normalized spacial score (nSPS) is 15.8. The van der Waals surface area contributed by atoms with Gasteiger partial charge in [0.2, 0.25) is 0 Å². The lowest BCUT2D eigenvalue weighted by atomic mass is 10.0. The van der Waals surface area contributed by atoms with Crippen molar-refractivity contribution in [2.75, 3.05) is 11.5 Å². The second-order valence-electron chi connectivity index (χ2n) is 6.38. The van der Waals surface area contributed by atoms with Crippen molar-refractivity contribution in [3.05, 3.63) is 62.2 Å². The fourth-order valence-corrected chi connectivity index (χ4v) is 3.51. The quantitative estimate of drug-likeness (QED) is 0.400. The van der Waals surface area contributed by atoms with Gasteiger partial charge in [0.15, 0.2) is 0 Å². The monoisotopic (exact) mass is 490 g/mol. The Morgan fingerprint density at radius 2 is 1.82 bits per heavy atom. The molecule has 0 unspecified atom stereocenters. The summed E-state index contributed by atoms with van der Waals surface area (Å²) in [5.41, 5.74) is 2.94. The Balaban J connectivity index is 2.02. The van der Waals surface area contributed by atoms with Gasteiger partial charge in [-0.3, -0.25) is 14.9 Å². The molecule has 0 aromatic heterocycles. The number of hydrogen-bond donors (Lipinski definition) is 1. The van der Waals surface area contributed by atoms with E-state index in [1.54, 1.807) is 18.2 Å². The maximum absolute atomic E-state index is 13.0. The molecule has 2 aromatic carbocycles. The van der Waals surface area contributed by atoms with Crippen LogP contribution < -0.4 is 15.0 Å². The molecule has 6 nitrogen and oxygen atoms in total. The molecule has 0 aliphatic carbocycles. The van der Waals surface area contributed by atoms with Crippen LogP contribution >= 0.6 is 22.6 Å². The Bertz CT molecular complexity index is 1010. The summed E-state index contributed by atoms with van der Waals surface area (Å²) < 4.78 is 6.42. The number of anilines is 1. The Hall–Kier alpha value is -2.68. The van der Waals surface area contributed by atoms with E-state index in [2.05, 4.69) is 27.9 Å². The van der Waals surface area contributed by atoms with Crippen LogP contribution in [0.4, 0.5) is 10.5 Å². The van der Waals surface area contributed by atoms with Crippen molar-refractivity contribution in [3.63, 3.8) is 0 Å². The number of carbonyl (C=O) groups excluding carboxylic acids is 3. The highest BCUT2D eigenvalue weighted by molar-refractivity contribution is 14.1. The number of nitrogens with one attached hydrogen (secondary N) is 1. The third kappa shape index (κ3) is 4.09. The van der Waals surface area contributed by atoms with E-state index in [9.17, 15) is 14.4 Å². The van der Waals surface area contributed by atoms with Crippen molar-refractivity contribution < 1.29 is 19.1 Å². The first-order valence-electron chi connectivity index (χ1n) is 8.72. The predicted octanol–water partition coefficient (Wildman–Crippen LogP) is 3.97. The first-order valence-corrected chi connectivity index (χ1v) is 9.80. The van der Waals surface area contributed by atoms with Crippen LogP contribution in [0.5, 0.6) is 5.75 Å². The minimum absolute atomic E-state index is 0.109. The number of barbiturate groups is 1. The third-order valence-corrected chi connectivity index (χ3v) is 4.99. The summed E-state index contributed by atoms with van der Waals surface area (Å²) >= 11 is 2.14. The van der Waals surface area contributed by atoms with E-state index in [0.29, 0.717) is 23.6 Å². The van der Waals surface area contributed by atoms with E-state index in [-0.39, 0.29) is 5.57 Å². The van der Waals surface area contributed by atoms with E-state index < -0.39 is 17.8 Å². The molecule has 7 heteroatoms. The molecule has 28 heavy (non-hydrogen) atoms. The van der Waals surface area contributed by atoms with Gasteiger partial charge in [0, 0.05) is 3.57 Å². The molecule has 144 valence electrons. The van der Waals surface area contributed by atoms with Crippen LogP contribution in [0.25, 0.3) is 6.08 Å². The van der Waals surface area contributed by atoms with Gasteiger partial charge in [-0.1, -0.05) is 6.07 Å². The van der Waals surface area contributed by atoms with E-state index in [1.807, 2.05) is 39.0 Å². The predicted molar refractivity (Wildman–Crippen MR) is 115 cm³/mol. The first kappa shape index (κ1) is 20.1. The van der Waals surface area contributed by atoms with Gasteiger partial charge >= 0.3 is 6.03 Å². The number of benzene rings is 2. The number of carbonyl (C=O) groups is 3. The summed E-state index contributed by atoms with van der Waals surface area (Å²) in [6.45, 7) is 6.22. The second kappa shape index (κ2) is 8.14. The standard InChI is InChI=1S/C21H19IN2O4/c1-4-28-17-9-14(8-15(22)11-17)10-18-19(25)23-21(27)24(20(18)26)16-6-5-12(2)13(3)7-16/h5-11H,4H2,1-3H3,(H,23,25,27)/b18-10+. The van der Waals surface area contributed by atoms with Gasteiger partial charge in [-0.25, -0.2) is 9.69 Å². The Labute approximate surface area is 176 Å². The van der Waals surface area contributed by atoms with Gasteiger partial charge in [-0.05, 0) is 96.5 Å². The molecule has 1 aliphatic rings. The number of amides is 4. The Morgan fingerprint density at radius 1 is 1.07 bits per heavy atom. The zero-order valence-corrected chi connectivity index (χ0v) is 17.9. The number of imide groups is 2. The molecular weight excluding hydrogens is 471 g/mol. The minimum Gasteiger partial charge on any atom is -0.494 e. The zero-order valence-electron chi connectivity index (χ0n) is 15.7. The first-order chi connectivity index (χ1) is 13.3. The van der Waals surface area contributed by atoms with Crippen LogP contribution in [-0.4, -0.2) is 24.5 Å². The van der Waals surface area contributed by atoms with Crippen molar-refractivity contribution in [1.82, 2.24) is 5.32 Å². The van der Waals surface area contributed by atoms with Crippen LogP contribution in [-0.2, 0) is 9.59 Å². The van der Waals surface area contributed by atoms with E-state index in [1.165, 1.54) is 6.08 Å². The smallest absolute Gasteiger partial charge is 0.335 e. The summed E-state index contributed by atoms with van der Waals surface area (Å²) in [7, 11) is 0. The highest BCUT2D eigenvalue weighted by Crippen LogP contribution is 2.26. The fourth-order valence-electron chi connectivity index (χ4n) is 2.84. The molecule has 1 fully saturated rings. The van der Waals surface area contributed by atoms with Gasteiger partial charge in [0.25, 0.3) is 11.8 Å². The number of rotatable bonds is 4. The number of hydrogen-bond acceptors (Lipinski definition) is 4. The molecular formula is C21H19IN2O4. The number of aryl methyl sites for hydroxylation is 2. The van der Waals surface area contributed by atoms with Gasteiger partial charge in [0.05, 0.1) is 12.3 Å². The third-order valence-electron chi connectivity index (χ3n) is 4.37. The number of halogens is 1. The van der Waals surface area contributed by atoms with Crippen molar-refractivity contribution >= 4 is 52.2 Å². The highest BCUT2D eigenvalue weighted by atomic mass is 127. The van der Waals surface area contributed by atoms with Gasteiger partial charge in [0.1, 0.15) is 11.3 Å². The number of ether oxygens (including phenoxy) is 1. The molecule has 0 radical (unpaired) electrons. The molecule has 1 N–H and O–H groups in total. The average Bonchev–Trinajstić information content (AvgIpc) is 2.61. The lowest BCUT2D eigenvalue weighted by molar-refractivity contribution is -0.122. The fraction of sp³-hybridized carbons (Fsp3) is 0.190. The number of urea groups is 1. The molecule has 4 amide bonds. The summed E-state index contributed by atoms with van der Waals surface area (Å²) in [5.74, 6) is -0.729. The van der Waals surface area contributed by atoms with Crippen LogP contribution in [0.3, 0.4) is 0 Å². The van der Waals surface area contributed by atoms with Crippen molar-refractivity contribution in [3.8, 4) is 5.75 Å². The largest absolute Gasteiger partial charge is 0.494 e. The lowest BCUT2D eigenvalue weighted by Crippen LogP contribution is -2.54. The summed E-state index contributed by atoms with van der Waals surface area (Å²) in [6.07, 6.45) is 1.48. The lowest BCUT2D eigenvalue weighted by Gasteiger charge is -2.26. The maximum atomic E-state index is 13.0. The SMILES string of the molecule is CCOc1cc(I)cc(/C=C2\C(=O)NC(=O)N(c3ccc(C)c(C)c3)C2=O)c1. The average molecular weight is 490 g/mol. The molecule has 2 aromatic rings. The van der Waals surface area contributed by atoms with Crippen molar-refractivity contribution in [2.45, 2.75) is 20.8 Å². The molecule has 0 atom stereocenters. The number of nitrogens with zero attached hydrogens (tertiary/aromatic N) is 1. The molecule has 1 saturated heterocycles. The van der Waals surface area contributed by atoms with E-state index in [4.69, 9.17) is 4.74 Å². The van der Waals surface area contributed by atoms with Crippen LogP contribution in [0, 0.1) is 17.4 Å². The Morgan fingerprint density at radius 3 is 2.50 bits per heavy atom. The van der Waals surface area contributed by atoms with Crippen molar-refractivity contribution in [2.24, 2.45) is 0 Å². The van der Waals surface area contributed by atoms with Crippen molar-refractivity contribution in [1.29, 1.82) is 0 Å². The summed E-state index contributed by atoms with van der Waals surface area (Å²) in [6, 6.07) is 9.94. The van der Waals surface area contributed by atoms with Gasteiger partial charge < -0.3 is 4.74 Å². The topological polar surface area (TPSA) is 75.7 Å². The van der Waals surface area contributed by atoms with Gasteiger partial charge in [-0.2, -0.15) is 0 Å². The molecule has 0 bridgehead atoms. The second-order valence-corrected chi connectivity index (χ2v) is 7.63. The molecule has 0 saturated carbocycles. The summed E-state index contributed by atoms with van der Waals surface area (Å²) in [4.78, 5) is 38.6. The highest BCUT2D eigenvalue weighted by Gasteiger charge is 2.36. The minimum atomic E-state index is -0.756. The molecule has 1 aliphatic heterocycles. The summed E-state index contributed by atoms with van der Waals surface area (Å²) in [5, 5.41) is 2.24. The Kier molecular flexibility index (Phi) is 5.83. The van der Waals surface area contributed by atoms with Crippen LogP contribution in [0.1, 0.15) is 23.6 Å². The molecule has 0 spiro atoms. The van der Waals surface area contributed by atoms with Crippen LogP contribution in [0.15, 0.2) is 42.0 Å². The van der Waals surface area contributed by atoms with E-state index in [0.717, 1.165) is 19.6 Å². The molecule has 3 rings (SSSR count). The molecule has 1 heterocycles. The van der Waals surface area contributed by atoms with Crippen LogP contribution in [0.2, 0.25) is 0 Å². The maximum Gasteiger partial charge on any atom is 0.335 e. The van der Waals surface area contributed by atoms with E-state index >= 15 is 0 Å². The zero-order chi connectivity index (χ0) is 20.4.